The fourth-order valence-electron chi connectivity index (χ4n) is 3.30. The summed E-state index contributed by atoms with van der Waals surface area (Å²) in [7, 11) is 1.06. The van der Waals surface area contributed by atoms with E-state index in [2.05, 4.69) is 6.92 Å². The van der Waals surface area contributed by atoms with E-state index >= 15 is 0 Å². The highest BCUT2D eigenvalue weighted by Gasteiger charge is 2.47. The molecule has 0 aliphatic carbocycles. The fraction of sp³-hybridized carbons (Fsp3) is 0.565. The Bertz CT molecular complexity index is 752. The number of hydrogen-bond acceptors (Lipinski definition) is 3. The van der Waals surface area contributed by atoms with Crippen molar-refractivity contribution >= 4 is 17.6 Å². The number of rotatable bonds is 11. The summed E-state index contributed by atoms with van der Waals surface area (Å²) in [5.74, 6) is -3.72. The molecule has 0 aliphatic rings. The van der Waals surface area contributed by atoms with Crippen LogP contribution in [0, 0.1) is 19.7 Å². The third kappa shape index (κ3) is 7.99. The fourth-order valence-corrected chi connectivity index (χ4v) is 3.30. The van der Waals surface area contributed by atoms with Gasteiger partial charge < -0.3 is 4.74 Å². The molecule has 1 amide bonds. The smallest absolute Gasteiger partial charge is 0.467 e. The lowest BCUT2D eigenvalue weighted by Gasteiger charge is -2.31. The Morgan fingerprint density at radius 3 is 2.10 bits per heavy atom. The lowest BCUT2D eigenvalue weighted by Crippen LogP contribution is -2.51. The van der Waals surface area contributed by atoms with Gasteiger partial charge in [0, 0.05) is 5.69 Å². The summed E-state index contributed by atoms with van der Waals surface area (Å²) >= 11 is 0. The minimum atomic E-state index is -5.21. The zero-order chi connectivity index (χ0) is 23.6. The molecule has 0 heterocycles. The Labute approximate surface area is 181 Å². The molecule has 0 fully saturated rings. The molecule has 0 radical (unpaired) electrons. The third-order valence-electron chi connectivity index (χ3n) is 4.93. The predicted octanol–water partition coefficient (Wildman–Crippen LogP) is 6.19. The molecule has 1 rings (SSSR count). The van der Waals surface area contributed by atoms with Crippen LogP contribution in [-0.2, 0) is 14.3 Å². The normalized spacial score (nSPS) is 12.8. The van der Waals surface area contributed by atoms with E-state index in [9.17, 15) is 27.2 Å². The first-order chi connectivity index (χ1) is 14.5. The van der Waals surface area contributed by atoms with Crippen LogP contribution in [0.3, 0.4) is 0 Å². The van der Waals surface area contributed by atoms with E-state index in [1.807, 2.05) is 12.2 Å². The highest BCUT2D eigenvalue weighted by atomic mass is 19.4. The average Bonchev–Trinajstić information content (AvgIpc) is 2.71. The van der Waals surface area contributed by atoms with Gasteiger partial charge in [-0.1, -0.05) is 31.9 Å². The van der Waals surface area contributed by atoms with Gasteiger partial charge in [0.15, 0.2) is 0 Å². The molecule has 0 spiro atoms. The Morgan fingerprint density at radius 2 is 1.61 bits per heavy atom. The lowest BCUT2D eigenvalue weighted by atomic mass is 10.0. The lowest BCUT2D eigenvalue weighted by molar-refractivity contribution is -0.172. The number of esters is 1. The van der Waals surface area contributed by atoms with Crippen molar-refractivity contribution in [3.05, 3.63) is 41.2 Å². The van der Waals surface area contributed by atoms with Crippen LogP contribution in [-0.4, -0.2) is 31.2 Å². The second-order valence-corrected chi connectivity index (χ2v) is 7.50. The Morgan fingerprint density at radius 1 is 1.06 bits per heavy atom. The first-order valence-corrected chi connectivity index (χ1v) is 10.4. The Balaban J connectivity index is 3.14. The molecule has 8 heteroatoms. The monoisotopic (exact) mass is 445 g/mol. The van der Waals surface area contributed by atoms with E-state index in [1.165, 1.54) is 13.8 Å². The molecule has 0 aliphatic heterocycles. The summed E-state index contributed by atoms with van der Waals surface area (Å²) in [6.45, 7) is 4.88. The highest BCUT2D eigenvalue weighted by Crippen LogP contribution is 2.30. The number of alkyl halides is 3. The molecule has 0 saturated heterocycles. The first-order valence-electron chi connectivity index (χ1n) is 10.4. The minimum absolute atomic E-state index is 0.0245. The number of nitrogens with zero attached hydrogens (tertiary/aromatic N) is 1. The molecule has 31 heavy (non-hydrogen) atoms. The van der Waals surface area contributed by atoms with Crippen molar-refractivity contribution in [2.45, 2.75) is 77.9 Å². The van der Waals surface area contributed by atoms with Crippen LogP contribution < -0.4 is 4.90 Å². The number of ether oxygens (including phenoxy) is 1. The van der Waals surface area contributed by atoms with Gasteiger partial charge in [0.25, 0.3) is 0 Å². The van der Waals surface area contributed by atoms with Crippen LogP contribution in [0.2, 0.25) is 0 Å². The SMILES string of the molecule is CCCCC/C=C/CCCC(C(=O)OC)N(C(=O)C(F)(F)F)c1cc(C)c(F)c(C)c1. The van der Waals surface area contributed by atoms with E-state index in [4.69, 9.17) is 4.74 Å². The van der Waals surface area contributed by atoms with Crippen molar-refractivity contribution in [1.82, 2.24) is 0 Å². The van der Waals surface area contributed by atoms with Gasteiger partial charge >= 0.3 is 18.1 Å². The van der Waals surface area contributed by atoms with E-state index in [1.54, 1.807) is 0 Å². The van der Waals surface area contributed by atoms with E-state index in [-0.39, 0.29) is 23.2 Å². The third-order valence-corrected chi connectivity index (χ3v) is 4.93. The summed E-state index contributed by atoms with van der Waals surface area (Å²) in [4.78, 5) is 25.0. The van der Waals surface area contributed by atoms with Gasteiger partial charge in [0.05, 0.1) is 7.11 Å². The van der Waals surface area contributed by atoms with Gasteiger partial charge in [0.2, 0.25) is 0 Å². The molecule has 0 bridgehead atoms. The maximum atomic E-state index is 14.0. The summed E-state index contributed by atoms with van der Waals surface area (Å²) in [6, 6.07) is 0.794. The van der Waals surface area contributed by atoms with Crippen LogP contribution in [0.25, 0.3) is 0 Å². The zero-order valence-electron chi connectivity index (χ0n) is 18.5. The number of halogens is 4. The largest absolute Gasteiger partial charge is 0.471 e. The molecule has 1 aromatic carbocycles. The van der Waals surface area contributed by atoms with E-state index in [0.717, 1.165) is 44.9 Å². The van der Waals surface area contributed by atoms with Crippen molar-refractivity contribution in [2.75, 3.05) is 12.0 Å². The molecule has 4 nitrogen and oxygen atoms in total. The van der Waals surface area contributed by atoms with Crippen LogP contribution in [0.1, 0.15) is 63.0 Å². The number of anilines is 1. The van der Waals surface area contributed by atoms with Crippen molar-refractivity contribution in [1.29, 1.82) is 0 Å². The predicted molar refractivity (Wildman–Crippen MR) is 112 cm³/mol. The topological polar surface area (TPSA) is 46.6 Å². The van der Waals surface area contributed by atoms with Crippen molar-refractivity contribution in [3.63, 3.8) is 0 Å². The number of hydrogen-bond donors (Lipinski definition) is 0. The molecular formula is C23H31F4NO3. The second-order valence-electron chi connectivity index (χ2n) is 7.50. The molecular weight excluding hydrogens is 414 g/mol. The van der Waals surface area contributed by atoms with Crippen LogP contribution in [0.15, 0.2) is 24.3 Å². The van der Waals surface area contributed by atoms with E-state index < -0.39 is 29.9 Å². The number of allylic oxidation sites excluding steroid dienone is 2. The first kappa shape index (κ1) is 26.7. The molecule has 1 unspecified atom stereocenters. The van der Waals surface area contributed by atoms with Crippen molar-refractivity contribution in [2.24, 2.45) is 0 Å². The number of methoxy groups -OCH3 is 1. The quantitative estimate of drug-likeness (QED) is 0.177. The van der Waals surface area contributed by atoms with Gasteiger partial charge in [-0.2, -0.15) is 13.2 Å². The highest BCUT2D eigenvalue weighted by molar-refractivity contribution is 6.02. The van der Waals surface area contributed by atoms with Crippen LogP contribution >= 0.6 is 0 Å². The van der Waals surface area contributed by atoms with Gasteiger partial charge in [0.1, 0.15) is 11.9 Å². The Kier molecular flexibility index (Phi) is 10.7. The minimum Gasteiger partial charge on any atom is -0.467 e. The summed E-state index contributed by atoms with van der Waals surface area (Å²) in [6.07, 6.45) is 3.85. The Hall–Kier alpha value is -2.38. The summed E-state index contributed by atoms with van der Waals surface area (Å²) < 4.78 is 58.8. The molecule has 1 atom stereocenters. The van der Waals surface area contributed by atoms with Crippen LogP contribution in [0.5, 0.6) is 0 Å². The van der Waals surface area contributed by atoms with Gasteiger partial charge in [-0.05, 0) is 69.2 Å². The maximum absolute atomic E-state index is 14.0. The maximum Gasteiger partial charge on any atom is 0.471 e. The summed E-state index contributed by atoms with van der Waals surface area (Å²) in [5.41, 5.74) is -0.0357. The molecule has 0 aromatic heterocycles. The van der Waals surface area contributed by atoms with Gasteiger partial charge in [-0.3, -0.25) is 9.69 Å². The number of carbonyl (C=O) groups excluding carboxylic acids is 2. The van der Waals surface area contributed by atoms with Crippen molar-refractivity contribution < 1.29 is 31.9 Å². The molecule has 1 aromatic rings. The second kappa shape index (κ2) is 12.5. The number of carbonyl (C=O) groups is 2. The number of benzene rings is 1. The van der Waals surface area contributed by atoms with Gasteiger partial charge in [-0.15, -0.1) is 0 Å². The average molecular weight is 445 g/mol. The standard InChI is InChI=1S/C23H31F4NO3/c1-5-6-7-8-9-10-11-12-13-19(21(29)31-4)28(22(30)23(25,26)27)18-14-16(2)20(24)17(3)15-18/h9-10,14-15,19H,5-8,11-13H2,1-4H3/b10-9+. The number of amides is 1. The molecule has 174 valence electrons. The molecule has 0 N–H and O–H groups in total. The summed E-state index contributed by atoms with van der Waals surface area (Å²) in [5, 5.41) is 0. The number of unbranched alkanes of at least 4 members (excludes halogenated alkanes) is 4. The van der Waals surface area contributed by atoms with Crippen LogP contribution in [0.4, 0.5) is 23.2 Å². The zero-order valence-corrected chi connectivity index (χ0v) is 18.5. The van der Waals surface area contributed by atoms with Gasteiger partial charge in [-0.25, -0.2) is 9.18 Å². The van der Waals surface area contributed by atoms with Crippen molar-refractivity contribution in [3.8, 4) is 0 Å². The van der Waals surface area contributed by atoms with E-state index in [0.29, 0.717) is 17.7 Å². The number of aryl methyl sites for hydroxylation is 2. The molecule has 0 saturated carbocycles.